The number of rotatable bonds is 1. The van der Waals surface area contributed by atoms with Gasteiger partial charge in [-0.05, 0) is 60.6 Å². The van der Waals surface area contributed by atoms with E-state index in [1.165, 1.54) is 22.3 Å². The van der Waals surface area contributed by atoms with E-state index in [1.807, 2.05) is 30.3 Å². The Morgan fingerprint density at radius 3 is 2.74 bits per heavy atom. The van der Waals surface area contributed by atoms with Gasteiger partial charge < -0.3 is 4.42 Å². The second-order valence-corrected chi connectivity index (χ2v) is 6.28. The molecular formula is C21H17NO. The summed E-state index contributed by atoms with van der Waals surface area (Å²) in [5, 5.41) is 0. The molecule has 0 unspecified atom stereocenters. The highest BCUT2D eigenvalue weighted by Crippen LogP contribution is 2.41. The number of fused-ring (bicyclic) bond motifs is 4. The number of nitrogens with zero attached hydrogens (tertiary/aromatic N) is 1. The summed E-state index contributed by atoms with van der Waals surface area (Å²) in [6.45, 7) is 0. The van der Waals surface area contributed by atoms with Gasteiger partial charge in [-0.2, -0.15) is 0 Å². The Bertz CT molecular complexity index is 960. The number of allylic oxidation sites excluding steroid dienone is 4. The molecule has 0 spiro atoms. The van der Waals surface area contributed by atoms with Crippen molar-refractivity contribution >= 4 is 16.7 Å². The lowest BCUT2D eigenvalue weighted by molar-refractivity contribution is 0.617. The van der Waals surface area contributed by atoms with Crippen molar-refractivity contribution in [2.45, 2.75) is 25.7 Å². The van der Waals surface area contributed by atoms with Gasteiger partial charge in [0.15, 0.2) is 5.58 Å². The van der Waals surface area contributed by atoms with E-state index >= 15 is 0 Å². The third-order valence-corrected chi connectivity index (χ3v) is 4.90. The normalized spacial score (nSPS) is 16.5. The van der Waals surface area contributed by atoms with E-state index < -0.39 is 0 Å². The quantitative estimate of drug-likeness (QED) is 0.589. The van der Waals surface area contributed by atoms with Crippen LogP contribution in [0.2, 0.25) is 0 Å². The Hall–Kier alpha value is -2.61. The topological polar surface area (TPSA) is 26.0 Å². The molecule has 0 fully saturated rings. The standard InChI is InChI=1S/C21H17NO/c1-2-7-16(8-3-1)21-22-18-13-12-15-11-10-14-6-4-5-9-17(14)19(15)20(18)23-21/h1-4,6-8,12-13H,5,9-11H2. The minimum Gasteiger partial charge on any atom is -0.435 e. The summed E-state index contributed by atoms with van der Waals surface area (Å²) in [5.74, 6) is 0.716. The summed E-state index contributed by atoms with van der Waals surface area (Å²) in [7, 11) is 0. The number of oxazole rings is 1. The van der Waals surface area contributed by atoms with Crippen molar-refractivity contribution in [3.8, 4) is 11.5 Å². The minimum atomic E-state index is 0.716. The van der Waals surface area contributed by atoms with Crippen LogP contribution < -0.4 is 0 Å². The molecule has 5 rings (SSSR count). The maximum Gasteiger partial charge on any atom is 0.227 e. The predicted molar refractivity (Wildman–Crippen MR) is 93.1 cm³/mol. The van der Waals surface area contributed by atoms with Crippen LogP contribution in [-0.4, -0.2) is 4.98 Å². The highest BCUT2D eigenvalue weighted by Gasteiger charge is 2.24. The molecule has 0 N–H and O–H groups in total. The Labute approximate surface area is 135 Å². The fraction of sp³-hybridized carbons (Fsp3) is 0.190. The van der Waals surface area contributed by atoms with Crippen LogP contribution in [0.5, 0.6) is 0 Å². The first kappa shape index (κ1) is 12.9. The molecule has 23 heavy (non-hydrogen) atoms. The van der Waals surface area contributed by atoms with Crippen molar-refractivity contribution in [2.24, 2.45) is 0 Å². The molecule has 2 aromatic carbocycles. The van der Waals surface area contributed by atoms with E-state index in [4.69, 9.17) is 9.40 Å². The van der Waals surface area contributed by atoms with Crippen LogP contribution in [0.15, 0.2) is 64.6 Å². The lowest BCUT2D eigenvalue weighted by atomic mass is 9.81. The Morgan fingerprint density at radius 1 is 0.913 bits per heavy atom. The fourth-order valence-electron chi connectivity index (χ4n) is 3.78. The van der Waals surface area contributed by atoms with Crippen LogP contribution in [0.3, 0.4) is 0 Å². The zero-order valence-electron chi connectivity index (χ0n) is 12.9. The van der Waals surface area contributed by atoms with Crippen LogP contribution in [0.25, 0.3) is 28.1 Å². The lowest BCUT2D eigenvalue weighted by Crippen LogP contribution is -2.06. The third-order valence-electron chi connectivity index (χ3n) is 4.90. The largest absolute Gasteiger partial charge is 0.435 e. The molecule has 0 aliphatic heterocycles. The molecule has 3 aromatic rings. The van der Waals surface area contributed by atoms with Gasteiger partial charge >= 0.3 is 0 Å². The van der Waals surface area contributed by atoms with E-state index in [9.17, 15) is 0 Å². The maximum atomic E-state index is 6.23. The molecule has 2 aliphatic carbocycles. The van der Waals surface area contributed by atoms with E-state index in [0.29, 0.717) is 5.89 Å². The van der Waals surface area contributed by atoms with Crippen molar-refractivity contribution in [2.75, 3.05) is 0 Å². The Balaban J connectivity index is 1.76. The molecule has 1 aromatic heterocycles. The first-order valence-corrected chi connectivity index (χ1v) is 8.27. The Morgan fingerprint density at radius 2 is 1.83 bits per heavy atom. The number of benzene rings is 2. The van der Waals surface area contributed by atoms with E-state index in [0.717, 1.165) is 42.3 Å². The molecule has 0 radical (unpaired) electrons. The van der Waals surface area contributed by atoms with E-state index in [2.05, 4.69) is 24.3 Å². The highest BCUT2D eigenvalue weighted by molar-refractivity contribution is 5.93. The van der Waals surface area contributed by atoms with Crippen LogP contribution in [0.4, 0.5) is 0 Å². The van der Waals surface area contributed by atoms with Gasteiger partial charge in [0.2, 0.25) is 5.89 Å². The number of aryl methyl sites for hydroxylation is 1. The van der Waals surface area contributed by atoms with Crippen LogP contribution in [0, 0.1) is 0 Å². The molecule has 0 amide bonds. The van der Waals surface area contributed by atoms with Gasteiger partial charge in [0.1, 0.15) is 5.52 Å². The van der Waals surface area contributed by atoms with Gasteiger partial charge in [-0.25, -0.2) is 4.98 Å². The molecule has 0 saturated heterocycles. The predicted octanol–water partition coefficient (Wildman–Crippen LogP) is 5.54. The van der Waals surface area contributed by atoms with Crippen molar-refractivity contribution in [1.29, 1.82) is 0 Å². The van der Waals surface area contributed by atoms with E-state index in [1.54, 1.807) is 0 Å². The molecule has 1 heterocycles. The number of hydrogen-bond donors (Lipinski definition) is 0. The zero-order valence-corrected chi connectivity index (χ0v) is 12.9. The lowest BCUT2D eigenvalue weighted by Gasteiger charge is -2.24. The summed E-state index contributed by atoms with van der Waals surface area (Å²) in [5.41, 5.74) is 8.62. The van der Waals surface area contributed by atoms with Crippen LogP contribution in [0.1, 0.15) is 30.4 Å². The van der Waals surface area contributed by atoms with Crippen molar-refractivity contribution in [3.63, 3.8) is 0 Å². The zero-order chi connectivity index (χ0) is 15.2. The molecule has 0 atom stereocenters. The average Bonchev–Trinajstić information content (AvgIpc) is 3.06. The van der Waals surface area contributed by atoms with Crippen molar-refractivity contribution in [1.82, 2.24) is 4.98 Å². The monoisotopic (exact) mass is 299 g/mol. The molecule has 0 saturated carbocycles. The van der Waals surface area contributed by atoms with Gasteiger partial charge in [-0.3, -0.25) is 0 Å². The van der Waals surface area contributed by atoms with Gasteiger partial charge in [-0.1, -0.05) is 36.4 Å². The number of aromatic nitrogens is 1. The average molecular weight is 299 g/mol. The SMILES string of the molecule is C1=CC2=C(CC1)c1c(ccc3nc(-c4ccccc4)oc13)CC2. The number of hydrogen-bond acceptors (Lipinski definition) is 2. The fourth-order valence-corrected chi connectivity index (χ4v) is 3.78. The first-order valence-electron chi connectivity index (χ1n) is 8.27. The van der Waals surface area contributed by atoms with Crippen LogP contribution >= 0.6 is 0 Å². The van der Waals surface area contributed by atoms with Gasteiger partial charge in [0.05, 0.1) is 0 Å². The van der Waals surface area contributed by atoms with Gasteiger partial charge in [0.25, 0.3) is 0 Å². The van der Waals surface area contributed by atoms with Gasteiger partial charge in [0, 0.05) is 11.1 Å². The van der Waals surface area contributed by atoms with Gasteiger partial charge in [-0.15, -0.1) is 0 Å². The second kappa shape index (κ2) is 4.95. The summed E-state index contributed by atoms with van der Waals surface area (Å²) >= 11 is 0. The summed E-state index contributed by atoms with van der Waals surface area (Å²) in [6, 6.07) is 14.5. The van der Waals surface area contributed by atoms with Crippen molar-refractivity contribution in [3.05, 3.63) is 71.3 Å². The smallest absolute Gasteiger partial charge is 0.227 e. The molecule has 2 aliphatic rings. The van der Waals surface area contributed by atoms with E-state index in [-0.39, 0.29) is 0 Å². The maximum absolute atomic E-state index is 6.23. The summed E-state index contributed by atoms with van der Waals surface area (Å²) < 4.78 is 6.23. The first-order chi connectivity index (χ1) is 11.4. The second-order valence-electron chi connectivity index (χ2n) is 6.28. The minimum absolute atomic E-state index is 0.716. The molecule has 2 heteroatoms. The summed E-state index contributed by atoms with van der Waals surface area (Å²) in [6.07, 6.45) is 9.06. The molecular weight excluding hydrogens is 282 g/mol. The Kier molecular flexibility index (Phi) is 2.77. The molecule has 2 nitrogen and oxygen atoms in total. The summed E-state index contributed by atoms with van der Waals surface area (Å²) in [4.78, 5) is 4.72. The molecule has 112 valence electrons. The third kappa shape index (κ3) is 1.98. The van der Waals surface area contributed by atoms with Crippen molar-refractivity contribution < 1.29 is 4.42 Å². The molecule has 0 bridgehead atoms. The van der Waals surface area contributed by atoms with Crippen LogP contribution in [-0.2, 0) is 6.42 Å². The highest BCUT2D eigenvalue weighted by atomic mass is 16.3.